The molecule has 0 aromatic heterocycles. The standard InChI is InChI=1S/C18H25F3O4.3C17H25FO4.C16H22F2O4.C13H18F2O4/c1-16(2,18(19,20)21)15(23)24-9-14(22)25-10-17-6-11-3-12(7-17)5-13(4-11)8-17;3*1-16(2,18)15(20)21-9-14(19)22-10-17-6-11-3-12(7-17)5-13(4-11)8-17;1-15(17,18)14(20)21-8-13(19)22-9-16-5-10-2-11(6-16)4-12(3-10)7-16;1-13(14,15)12(17)19-7-11(16)18-6-10-5-8-2-3-9(10)4-8/h11-13H,3-10H2,1-2H3;3*11-13H,3-10H2,1-2H3;10-12H,2-9H2,1H3;8-10H,2-7H2,1H3. The van der Waals surface area contributed by atoms with Crippen LogP contribution in [0.1, 0.15) is 288 Å². The van der Waals surface area contributed by atoms with Crippen molar-refractivity contribution in [3.8, 4) is 0 Å². The summed E-state index contributed by atoms with van der Waals surface area (Å²) < 4.78 is 187. The van der Waals surface area contributed by atoms with Gasteiger partial charge in [-0.1, -0.05) is 6.42 Å². The Kier molecular flexibility index (Phi) is 32.5. The van der Waals surface area contributed by atoms with Crippen LogP contribution in [0, 0.1) is 139 Å². The summed E-state index contributed by atoms with van der Waals surface area (Å²) in [5.41, 5.74) is -8.36. The third-order valence-corrected chi connectivity index (χ3v) is 32.2. The van der Waals surface area contributed by atoms with Crippen LogP contribution in [0.25, 0.3) is 0 Å². The molecular formula is C98H140F10O24. The van der Waals surface area contributed by atoms with Gasteiger partial charge in [0.25, 0.3) is 0 Å². The molecule has 746 valence electrons. The molecule has 22 fully saturated rings. The molecular weight excluding hydrogens is 1750 g/mol. The SMILES string of the molecule is CC(C)(C(=O)OCC(=O)OCC12CC3CC(CC(C3)C1)C2)C(F)(F)F.CC(C)(F)C(=O)OCC(=O)OCC12CC3CC(CC(C3)C1)C2.CC(C)(F)C(=O)OCC(=O)OCC12CC3CC(CC(C3)C1)C2.CC(C)(F)C(=O)OCC(=O)OCC12CC3CC(CC(C3)C1)C2.CC(F)(F)C(=O)OCC(=O)OCC12CC3CC(CC(C3)C1)C2.CC(F)(F)C(=O)OCC(=O)OCC1CC2CCC1C2. The lowest BCUT2D eigenvalue weighted by molar-refractivity contribution is -0.225. The minimum Gasteiger partial charge on any atom is -0.463 e. The second-order valence-corrected chi connectivity index (χ2v) is 46.3. The van der Waals surface area contributed by atoms with E-state index in [1.165, 1.54) is 116 Å². The van der Waals surface area contributed by atoms with Crippen LogP contribution in [0.5, 0.6) is 0 Å². The number of carbonyl (C=O) groups is 12. The van der Waals surface area contributed by atoms with Crippen LogP contribution in [0.3, 0.4) is 0 Å². The van der Waals surface area contributed by atoms with Gasteiger partial charge in [-0.05, 0) is 374 Å². The Labute approximate surface area is 767 Å². The van der Waals surface area contributed by atoms with Gasteiger partial charge < -0.3 is 56.8 Å². The predicted molar refractivity (Wildman–Crippen MR) is 450 cm³/mol. The predicted octanol–water partition coefficient (Wildman–Crippen LogP) is 18.1. The maximum Gasteiger partial charge on any atom is 0.404 e. The molecule has 22 aliphatic rings. The first-order chi connectivity index (χ1) is 61.4. The highest BCUT2D eigenvalue weighted by Crippen LogP contribution is 2.65. The monoisotopic (exact) mass is 1890 g/mol. The fourth-order valence-electron chi connectivity index (χ4n) is 28.3. The van der Waals surface area contributed by atoms with Crippen molar-refractivity contribution < 1.29 is 158 Å². The van der Waals surface area contributed by atoms with E-state index >= 15 is 0 Å². The van der Waals surface area contributed by atoms with E-state index in [4.69, 9.17) is 28.4 Å². The van der Waals surface area contributed by atoms with Crippen molar-refractivity contribution in [2.24, 2.45) is 139 Å². The van der Waals surface area contributed by atoms with Gasteiger partial charge in [-0.2, -0.15) is 30.7 Å². The summed E-state index contributed by atoms with van der Waals surface area (Å²) >= 11 is 0. The van der Waals surface area contributed by atoms with E-state index < -0.39 is 152 Å². The molecule has 0 N–H and O–H groups in total. The fraction of sp³-hybridized carbons (Fsp3) is 0.878. The lowest BCUT2D eigenvalue weighted by Gasteiger charge is -2.56. The fourth-order valence-corrected chi connectivity index (χ4v) is 28.3. The summed E-state index contributed by atoms with van der Waals surface area (Å²) in [5, 5.41) is 0. The molecule has 24 nitrogen and oxygen atoms in total. The molecule has 0 radical (unpaired) electrons. The van der Waals surface area contributed by atoms with Crippen molar-refractivity contribution in [1.82, 2.24) is 0 Å². The normalized spacial score (nSPS) is 34.8. The van der Waals surface area contributed by atoms with Gasteiger partial charge >= 0.3 is 89.7 Å². The average Bonchev–Trinajstić information content (AvgIpc) is 0.965. The summed E-state index contributed by atoms with van der Waals surface area (Å²) in [6.07, 6.45) is 36.7. The molecule has 0 heterocycles. The topological polar surface area (TPSA) is 316 Å². The molecule has 0 aromatic rings. The molecule has 0 spiro atoms. The lowest BCUT2D eigenvalue weighted by atomic mass is 9.50. The van der Waals surface area contributed by atoms with Crippen LogP contribution in [0.15, 0.2) is 0 Å². The Hall–Kier alpha value is -7.06. The number of halogens is 10. The van der Waals surface area contributed by atoms with Gasteiger partial charge in [-0.25, -0.2) is 65.9 Å². The first kappa shape index (κ1) is 104. The zero-order chi connectivity index (χ0) is 96.3. The zero-order valence-electron chi connectivity index (χ0n) is 78.5. The third kappa shape index (κ3) is 28.1. The number of alkyl halides is 10. The number of fused-ring (bicyclic) bond motifs is 2. The number of esters is 12. The van der Waals surface area contributed by atoms with Crippen LogP contribution in [0.4, 0.5) is 43.9 Å². The van der Waals surface area contributed by atoms with Gasteiger partial charge in [0.05, 0.1) is 39.6 Å². The lowest BCUT2D eigenvalue weighted by Crippen LogP contribution is -2.48. The molecule has 22 rings (SSSR count). The van der Waals surface area contributed by atoms with Gasteiger partial charge in [0.2, 0.25) is 17.0 Å². The third-order valence-electron chi connectivity index (χ3n) is 32.2. The largest absolute Gasteiger partial charge is 0.463 e. The van der Waals surface area contributed by atoms with Crippen LogP contribution in [-0.4, -0.2) is 186 Å². The summed E-state index contributed by atoms with van der Waals surface area (Å²) in [5.74, 6) is -5.74. The molecule has 3 atom stereocenters. The first-order valence-electron chi connectivity index (χ1n) is 48.3. The molecule has 22 aliphatic carbocycles. The molecule has 132 heavy (non-hydrogen) atoms. The highest BCUT2D eigenvalue weighted by molar-refractivity contribution is 5.84. The number of hydrogen-bond donors (Lipinski definition) is 0. The van der Waals surface area contributed by atoms with E-state index in [0.29, 0.717) is 58.7 Å². The van der Waals surface area contributed by atoms with Crippen molar-refractivity contribution in [2.45, 2.75) is 323 Å². The first-order valence-corrected chi connectivity index (χ1v) is 48.3. The van der Waals surface area contributed by atoms with Crippen molar-refractivity contribution >= 4 is 71.6 Å². The number of hydrogen-bond acceptors (Lipinski definition) is 24. The molecule has 0 aliphatic heterocycles. The van der Waals surface area contributed by atoms with Crippen molar-refractivity contribution in [3.05, 3.63) is 0 Å². The summed E-state index contributed by atoms with van der Waals surface area (Å²) in [6.45, 7) is 7.40. The van der Waals surface area contributed by atoms with Crippen molar-refractivity contribution in [2.75, 3.05) is 79.3 Å². The van der Waals surface area contributed by atoms with E-state index in [1.807, 2.05) is 0 Å². The number of ether oxygens (including phenoxy) is 12. The highest BCUT2D eigenvalue weighted by atomic mass is 19.4. The maximum absolute atomic E-state index is 13.3. The van der Waals surface area contributed by atoms with Crippen LogP contribution < -0.4 is 0 Å². The summed E-state index contributed by atoms with van der Waals surface area (Å²) in [7, 11) is 0. The van der Waals surface area contributed by atoms with Gasteiger partial charge in [0.15, 0.2) is 45.1 Å². The Morgan fingerprint density at radius 3 is 0.583 bits per heavy atom. The number of rotatable bonds is 30. The molecule has 22 bridgehead atoms. The van der Waals surface area contributed by atoms with Crippen LogP contribution in [-0.2, 0) is 114 Å². The van der Waals surface area contributed by atoms with E-state index in [1.54, 1.807) is 0 Å². The minimum absolute atomic E-state index is 0.0274. The maximum atomic E-state index is 13.3. The smallest absolute Gasteiger partial charge is 0.404 e. The summed E-state index contributed by atoms with van der Waals surface area (Å²) in [6, 6.07) is 0. The highest BCUT2D eigenvalue weighted by Gasteiger charge is 2.59. The van der Waals surface area contributed by atoms with E-state index in [0.717, 1.165) is 253 Å². The molecule has 0 aromatic carbocycles. The number of carbonyl (C=O) groups excluding carboxylic acids is 12. The van der Waals surface area contributed by atoms with Gasteiger partial charge in [0.1, 0.15) is 0 Å². The molecule has 0 saturated heterocycles. The van der Waals surface area contributed by atoms with Gasteiger partial charge in [-0.3, -0.25) is 4.79 Å². The Morgan fingerprint density at radius 2 is 0.417 bits per heavy atom. The van der Waals surface area contributed by atoms with Gasteiger partial charge in [-0.15, -0.1) is 0 Å². The second-order valence-electron chi connectivity index (χ2n) is 46.3. The van der Waals surface area contributed by atoms with E-state index in [2.05, 4.69) is 28.4 Å². The molecule has 3 unspecified atom stereocenters. The molecule has 34 heteroatoms. The Morgan fingerprint density at radius 1 is 0.227 bits per heavy atom. The summed E-state index contributed by atoms with van der Waals surface area (Å²) in [4.78, 5) is 137. The van der Waals surface area contributed by atoms with Gasteiger partial charge in [0, 0.05) is 40.9 Å². The minimum atomic E-state index is -4.73. The molecule has 22 saturated carbocycles. The van der Waals surface area contributed by atoms with E-state index in [-0.39, 0.29) is 33.7 Å². The average molecular weight is 1890 g/mol. The van der Waals surface area contributed by atoms with Crippen LogP contribution in [0.2, 0.25) is 0 Å². The van der Waals surface area contributed by atoms with Crippen molar-refractivity contribution in [1.29, 1.82) is 0 Å². The Bertz CT molecular complexity index is 3580. The Balaban J connectivity index is 0.000000143. The van der Waals surface area contributed by atoms with Crippen LogP contribution >= 0.6 is 0 Å². The van der Waals surface area contributed by atoms with E-state index in [9.17, 15) is 101 Å². The zero-order valence-corrected chi connectivity index (χ0v) is 78.5. The quantitative estimate of drug-likeness (QED) is 0.0366. The molecule has 0 amide bonds. The second kappa shape index (κ2) is 41.3. The van der Waals surface area contributed by atoms with Crippen molar-refractivity contribution in [3.63, 3.8) is 0 Å².